The molecular weight excluding hydrogens is 510 g/mol. The number of likely N-dealkylation sites (tertiary alicyclic amines) is 1. The summed E-state index contributed by atoms with van der Waals surface area (Å²) in [7, 11) is 3.38. The molecular formula is C30H43N5O3S. The second kappa shape index (κ2) is 11.3. The van der Waals surface area contributed by atoms with Crippen molar-refractivity contribution < 1.29 is 14.3 Å². The number of amides is 2. The van der Waals surface area contributed by atoms with Gasteiger partial charge in [0.1, 0.15) is 5.50 Å². The second-order valence-corrected chi connectivity index (χ2v) is 13.1. The number of methoxy groups -OCH3 is 1. The molecule has 1 aliphatic carbocycles. The Balaban J connectivity index is 1.31. The highest BCUT2D eigenvalue weighted by atomic mass is 32.2. The number of thioether (sulfide) groups is 1. The standard InChI is InChI=1S/C30H43N5O3S/c1-31-28-33-24-17-34(29(37)38-2)19-30(26(24)39-28)18-32-16-23(30)27(36)35-14-13-22(20-9-5-3-6-10-20)15-25(35)21-11-7-4-8-12-21/h3,5-6,9-10,21-23,25,28,31-33H,4,7-8,11-19H2,1-2H3/t22-,23+,25+,28?,30+/m1/s1. The predicted molar refractivity (Wildman–Crippen MR) is 154 cm³/mol. The van der Waals surface area contributed by atoms with Crippen LogP contribution in [0.5, 0.6) is 0 Å². The number of hydrogen-bond acceptors (Lipinski definition) is 7. The normalized spacial score (nSPS) is 33.3. The Bertz CT molecular complexity index is 1090. The molecule has 4 aliphatic heterocycles. The number of fused-ring (bicyclic) bond motifs is 1. The third kappa shape index (κ3) is 4.95. The highest BCUT2D eigenvalue weighted by Gasteiger charge is 2.57. The zero-order valence-corrected chi connectivity index (χ0v) is 24.1. The number of carbonyl (C=O) groups is 2. The summed E-state index contributed by atoms with van der Waals surface area (Å²) in [6.07, 6.45) is 8.02. The van der Waals surface area contributed by atoms with Gasteiger partial charge in [0.25, 0.3) is 0 Å². The van der Waals surface area contributed by atoms with Gasteiger partial charge in [-0.15, -0.1) is 0 Å². The largest absolute Gasteiger partial charge is 0.453 e. The van der Waals surface area contributed by atoms with Gasteiger partial charge < -0.3 is 25.2 Å². The van der Waals surface area contributed by atoms with Gasteiger partial charge in [0, 0.05) is 48.2 Å². The van der Waals surface area contributed by atoms with E-state index in [4.69, 9.17) is 4.74 Å². The van der Waals surface area contributed by atoms with E-state index in [9.17, 15) is 9.59 Å². The fraction of sp³-hybridized carbons (Fsp3) is 0.667. The van der Waals surface area contributed by atoms with Gasteiger partial charge in [-0.3, -0.25) is 10.1 Å². The zero-order valence-electron chi connectivity index (χ0n) is 23.3. The van der Waals surface area contributed by atoms with E-state index in [2.05, 4.69) is 51.2 Å². The smallest absolute Gasteiger partial charge is 0.409 e. The van der Waals surface area contributed by atoms with Crippen molar-refractivity contribution in [3.05, 3.63) is 46.5 Å². The van der Waals surface area contributed by atoms with Gasteiger partial charge in [0.05, 0.1) is 19.6 Å². The van der Waals surface area contributed by atoms with Crippen LogP contribution in [0.1, 0.15) is 56.4 Å². The van der Waals surface area contributed by atoms with Crippen molar-refractivity contribution in [1.82, 2.24) is 25.8 Å². The van der Waals surface area contributed by atoms with Crippen LogP contribution in [0.3, 0.4) is 0 Å². The maximum atomic E-state index is 14.7. The van der Waals surface area contributed by atoms with Crippen molar-refractivity contribution in [2.24, 2.45) is 17.3 Å². The van der Waals surface area contributed by atoms with Gasteiger partial charge in [-0.1, -0.05) is 61.4 Å². The Morgan fingerprint density at radius 3 is 2.67 bits per heavy atom. The van der Waals surface area contributed by atoms with Crippen molar-refractivity contribution in [3.8, 4) is 0 Å². The van der Waals surface area contributed by atoms with Gasteiger partial charge in [0.15, 0.2) is 0 Å². The van der Waals surface area contributed by atoms with Crippen molar-refractivity contribution in [1.29, 1.82) is 0 Å². The Kier molecular flexibility index (Phi) is 7.84. The van der Waals surface area contributed by atoms with E-state index in [1.54, 1.807) is 16.7 Å². The fourth-order valence-electron chi connectivity index (χ4n) is 7.98. The molecule has 1 saturated carbocycles. The summed E-state index contributed by atoms with van der Waals surface area (Å²) in [5, 5.41) is 10.5. The molecule has 5 atom stereocenters. The molecule has 2 saturated heterocycles. The lowest BCUT2D eigenvalue weighted by Gasteiger charge is -2.48. The van der Waals surface area contributed by atoms with E-state index in [0.717, 1.165) is 25.1 Å². The third-order valence-corrected chi connectivity index (χ3v) is 11.4. The van der Waals surface area contributed by atoms with E-state index in [0.29, 0.717) is 38.0 Å². The lowest BCUT2D eigenvalue weighted by atomic mass is 9.71. The lowest BCUT2D eigenvalue weighted by Crippen LogP contribution is -2.57. The molecule has 39 heavy (non-hydrogen) atoms. The van der Waals surface area contributed by atoms with Crippen LogP contribution in [-0.4, -0.2) is 80.2 Å². The molecule has 212 valence electrons. The number of carbonyl (C=O) groups excluding carboxylic acids is 2. The first-order valence-corrected chi connectivity index (χ1v) is 15.6. The van der Waals surface area contributed by atoms with Crippen molar-refractivity contribution >= 4 is 23.8 Å². The summed E-state index contributed by atoms with van der Waals surface area (Å²) in [6, 6.07) is 11.2. The van der Waals surface area contributed by atoms with Crippen molar-refractivity contribution in [3.63, 3.8) is 0 Å². The minimum absolute atomic E-state index is 0.0393. The number of ether oxygens (including phenoxy) is 1. The van der Waals surface area contributed by atoms with E-state index < -0.39 is 5.41 Å². The summed E-state index contributed by atoms with van der Waals surface area (Å²) in [5.41, 5.74) is 2.04. The first-order valence-electron chi connectivity index (χ1n) is 14.8. The van der Waals surface area contributed by atoms with Crippen LogP contribution in [0.25, 0.3) is 0 Å². The zero-order chi connectivity index (χ0) is 27.0. The highest BCUT2D eigenvalue weighted by molar-refractivity contribution is 8.03. The maximum absolute atomic E-state index is 14.7. The molecule has 2 amide bonds. The van der Waals surface area contributed by atoms with Gasteiger partial charge in [-0.25, -0.2) is 4.79 Å². The van der Waals surface area contributed by atoms with Crippen LogP contribution in [-0.2, 0) is 9.53 Å². The predicted octanol–water partition coefficient (Wildman–Crippen LogP) is 3.68. The molecule has 3 fully saturated rings. The summed E-state index contributed by atoms with van der Waals surface area (Å²) in [6.45, 7) is 3.13. The summed E-state index contributed by atoms with van der Waals surface area (Å²) in [5.74, 6) is 1.14. The van der Waals surface area contributed by atoms with Crippen LogP contribution in [0.2, 0.25) is 0 Å². The summed E-state index contributed by atoms with van der Waals surface area (Å²) >= 11 is 1.77. The number of benzene rings is 1. The number of piperidine rings is 1. The average molecular weight is 554 g/mol. The third-order valence-electron chi connectivity index (χ3n) is 9.93. The monoisotopic (exact) mass is 553 g/mol. The van der Waals surface area contributed by atoms with Crippen LogP contribution in [0.15, 0.2) is 40.9 Å². The highest BCUT2D eigenvalue weighted by Crippen LogP contribution is 2.53. The molecule has 1 unspecified atom stereocenters. The number of nitrogens with zero attached hydrogens (tertiary/aromatic N) is 2. The SMILES string of the molecule is CNC1NC2=C(S1)[C@@]1(CNC[C@H]1C(=O)N1CC[C@@H](c3ccccc3)C[C@H]1C1CCCCC1)CN(C(=O)OC)C2. The molecule has 6 rings (SSSR count). The van der Waals surface area contributed by atoms with Gasteiger partial charge in [-0.05, 0) is 50.1 Å². The molecule has 0 radical (unpaired) electrons. The Morgan fingerprint density at radius 2 is 1.92 bits per heavy atom. The van der Waals surface area contributed by atoms with Crippen molar-refractivity contribution in [2.45, 2.75) is 62.4 Å². The van der Waals surface area contributed by atoms with Gasteiger partial charge >= 0.3 is 6.09 Å². The quantitative estimate of drug-likeness (QED) is 0.525. The van der Waals surface area contributed by atoms with Crippen LogP contribution in [0, 0.1) is 17.3 Å². The van der Waals surface area contributed by atoms with Crippen LogP contribution < -0.4 is 16.0 Å². The molecule has 9 heteroatoms. The topological polar surface area (TPSA) is 85.9 Å². The second-order valence-electron chi connectivity index (χ2n) is 12.0. The number of hydrogen-bond donors (Lipinski definition) is 3. The minimum atomic E-state index is -0.449. The molecule has 0 aromatic heterocycles. The van der Waals surface area contributed by atoms with Crippen LogP contribution >= 0.6 is 11.8 Å². The Morgan fingerprint density at radius 1 is 1.13 bits per heavy atom. The van der Waals surface area contributed by atoms with Crippen molar-refractivity contribution in [2.75, 3.05) is 46.9 Å². The lowest BCUT2D eigenvalue weighted by molar-refractivity contribution is -0.144. The Hall–Kier alpha value is -2.23. The number of nitrogens with one attached hydrogen (secondary N) is 3. The molecule has 5 aliphatic rings. The van der Waals surface area contributed by atoms with E-state index in [1.807, 2.05) is 7.05 Å². The first kappa shape index (κ1) is 27.0. The fourth-order valence-corrected chi connectivity index (χ4v) is 9.31. The molecule has 8 nitrogen and oxygen atoms in total. The summed E-state index contributed by atoms with van der Waals surface area (Å²) in [4.78, 5) is 32.8. The van der Waals surface area contributed by atoms with Gasteiger partial charge in [0.2, 0.25) is 5.91 Å². The average Bonchev–Trinajstić information content (AvgIpc) is 3.62. The van der Waals surface area contributed by atoms with Crippen LogP contribution in [0.4, 0.5) is 4.79 Å². The molecule has 1 aromatic carbocycles. The first-order chi connectivity index (χ1) is 19.0. The summed E-state index contributed by atoms with van der Waals surface area (Å²) < 4.78 is 5.15. The molecule has 1 spiro atoms. The van der Waals surface area contributed by atoms with E-state index >= 15 is 0 Å². The maximum Gasteiger partial charge on any atom is 0.409 e. The molecule has 3 N–H and O–H groups in total. The van der Waals surface area contributed by atoms with Gasteiger partial charge in [-0.2, -0.15) is 0 Å². The molecule has 0 bridgehead atoms. The Labute approximate surface area is 236 Å². The minimum Gasteiger partial charge on any atom is -0.453 e. The molecule has 1 aromatic rings. The van der Waals surface area contributed by atoms with E-state index in [1.165, 1.54) is 49.7 Å². The molecule has 4 heterocycles. The number of rotatable bonds is 4. The van der Waals surface area contributed by atoms with E-state index in [-0.39, 0.29) is 29.5 Å².